The van der Waals surface area contributed by atoms with Gasteiger partial charge < -0.3 is 10.2 Å². The largest absolute Gasteiger partial charge is 0.343 e. The van der Waals surface area contributed by atoms with Crippen LogP contribution in [0.2, 0.25) is 0 Å². The Kier molecular flexibility index (Phi) is 5.25. The van der Waals surface area contributed by atoms with Crippen LogP contribution in [0.4, 0.5) is 0 Å². The van der Waals surface area contributed by atoms with Crippen molar-refractivity contribution in [3.63, 3.8) is 0 Å². The highest BCUT2D eigenvalue weighted by atomic mass is 32.2. The predicted molar refractivity (Wildman–Crippen MR) is 93.5 cm³/mol. The van der Waals surface area contributed by atoms with E-state index in [9.17, 15) is 13.2 Å². The van der Waals surface area contributed by atoms with Crippen LogP contribution in [0, 0.1) is 18.8 Å². The SMILES string of the molecule is Cc1ccc(S(=O)(=O)CCC(=O)N2CC[C@@H]3CNC[C@@H]3CC2)cc1. The summed E-state index contributed by atoms with van der Waals surface area (Å²) in [4.78, 5) is 14.6. The lowest BCUT2D eigenvalue weighted by Gasteiger charge is -2.21. The number of rotatable bonds is 4. The van der Waals surface area contributed by atoms with Crippen LogP contribution >= 0.6 is 0 Å². The van der Waals surface area contributed by atoms with Gasteiger partial charge in [-0.3, -0.25) is 4.79 Å². The van der Waals surface area contributed by atoms with E-state index >= 15 is 0 Å². The minimum atomic E-state index is -3.39. The third kappa shape index (κ3) is 3.98. The molecule has 0 radical (unpaired) electrons. The van der Waals surface area contributed by atoms with E-state index in [1.807, 2.05) is 11.8 Å². The smallest absolute Gasteiger partial charge is 0.223 e. The van der Waals surface area contributed by atoms with Gasteiger partial charge in [0, 0.05) is 19.5 Å². The summed E-state index contributed by atoms with van der Waals surface area (Å²) in [7, 11) is -3.39. The van der Waals surface area contributed by atoms with E-state index in [1.54, 1.807) is 24.3 Å². The number of nitrogens with zero attached hydrogens (tertiary/aromatic N) is 1. The molecule has 0 aliphatic carbocycles. The second-order valence-corrected chi connectivity index (χ2v) is 9.13. The quantitative estimate of drug-likeness (QED) is 0.896. The molecule has 0 saturated carbocycles. The Balaban J connectivity index is 1.56. The summed E-state index contributed by atoms with van der Waals surface area (Å²) in [5, 5.41) is 3.42. The van der Waals surface area contributed by atoms with Gasteiger partial charge in [-0.1, -0.05) is 17.7 Å². The second-order valence-electron chi connectivity index (χ2n) is 7.02. The van der Waals surface area contributed by atoms with E-state index < -0.39 is 9.84 Å². The number of carbonyl (C=O) groups excluding carboxylic acids is 1. The highest BCUT2D eigenvalue weighted by molar-refractivity contribution is 7.91. The number of hydrogen-bond acceptors (Lipinski definition) is 4. The molecular weight excluding hydrogens is 324 g/mol. The highest BCUT2D eigenvalue weighted by Crippen LogP contribution is 2.27. The Morgan fingerprint density at radius 2 is 1.71 bits per heavy atom. The molecule has 1 aromatic rings. The molecule has 1 aromatic carbocycles. The van der Waals surface area contributed by atoms with Crippen molar-refractivity contribution in [1.82, 2.24) is 10.2 Å². The molecule has 2 aliphatic rings. The lowest BCUT2D eigenvalue weighted by Crippen LogP contribution is -2.33. The number of carbonyl (C=O) groups is 1. The zero-order chi connectivity index (χ0) is 17.2. The van der Waals surface area contributed by atoms with Gasteiger partial charge in [0.15, 0.2) is 9.84 Å². The number of hydrogen-bond donors (Lipinski definition) is 1. The fourth-order valence-corrected chi connectivity index (χ4v) is 4.94. The van der Waals surface area contributed by atoms with Crippen LogP contribution in [0.25, 0.3) is 0 Å². The lowest BCUT2D eigenvalue weighted by atomic mass is 9.92. The van der Waals surface area contributed by atoms with E-state index in [0.29, 0.717) is 16.7 Å². The third-order valence-corrected chi connectivity index (χ3v) is 7.07. The summed E-state index contributed by atoms with van der Waals surface area (Å²) in [5.74, 6) is 1.19. The molecule has 132 valence electrons. The average molecular weight is 350 g/mol. The van der Waals surface area contributed by atoms with Gasteiger partial charge in [0.05, 0.1) is 10.6 Å². The molecule has 1 amide bonds. The van der Waals surface area contributed by atoms with Crippen molar-refractivity contribution >= 4 is 15.7 Å². The standard InChI is InChI=1S/C18H26N2O3S/c1-14-2-4-17(5-3-14)24(22,23)11-8-18(21)20-9-6-15-12-19-13-16(15)7-10-20/h2-5,15-16,19H,6-13H2,1H3/t15-,16+. The van der Waals surface area contributed by atoms with Crippen LogP contribution in [0.1, 0.15) is 24.8 Å². The summed E-state index contributed by atoms with van der Waals surface area (Å²) in [6, 6.07) is 6.82. The monoisotopic (exact) mass is 350 g/mol. The topological polar surface area (TPSA) is 66.5 Å². The van der Waals surface area contributed by atoms with Gasteiger partial charge in [0.2, 0.25) is 5.91 Å². The molecule has 0 bridgehead atoms. The molecule has 3 rings (SSSR count). The van der Waals surface area contributed by atoms with Crippen molar-refractivity contribution in [2.75, 3.05) is 31.9 Å². The maximum absolute atomic E-state index is 12.4. The molecule has 2 saturated heterocycles. The van der Waals surface area contributed by atoms with Gasteiger partial charge in [-0.25, -0.2) is 8.42 Å². The molecular formula is C18H26N2O3S. The number of sulfone groups is 1. The first kappa shape index (κ1) is 17.4. The van der Waals surface area contributed by atoms with Crippen molar-refractivity contribution in [2.45, 2.75) is 31.1 Å². The summed E-state index contributed by atoms with van der Waals surface area (Å²) < 4.78 is 24.8. The van der Waals surface area contributed by atoms with Crippen LogP contribution in [0.15, 0.2) is 29.2 Å². The van der Waals surface area contributed by atoms with Crippen LogP contribution in [0.5, 0.6) is 0 Å². The Morgan fingerprint density at radius 1 is 1.12 bits per heavy atom. The van der Waals surface area contributed by atoms with Gasteiger partial charge in [-0.05, 0) is 56.8 Å². The molecule has 0 aromatic heterocycles. The summed E-state index contributed by atoms with van der Waals surface area (Å²) in [6.07, 6.45) is 2.12. The maximum atomic E-state index is 12.4. The predicted octanol–water partition coefficient (Wildman–Crippen LogP) is 1.62. The summed E-state index contributed by atoms with van der Waals surface area (Å²) >= 11 is 0. The number of likely N-dealkylation sites (tertiary alicyclic amines) is 1. The summed E-state index contributed by atoms with van der Waals surface area (Å²) in [5.41, 5.74) is 1.02. The van der Waals surface area contributed by atoms with E-state index in [2.05, 4.69) is 5.32 Å². The Morgan fingerprint density at radius 3 is 2.29 bits per heavy atom. The molecule has 2 aliphatic heterocycles. The van der Waals surface area contributed by atoms with Gasteiger partial charge in [0.1, 0.15) is 0 Å². The highest BCUT2D eigenvalue weighted by Gasteiger charge is 2.31. The fraction of sp³-hybridized carbons (Fsp3) is 0.611. The number of aryl methyl sites for hydroxylation is 1. The molecule has 1 N–H and O–H groups in total. The third-order valence-electron chi connectivity index (χ3n) is 5.34. The van der Waals surface area contributed by atoms with Crippen LogP contribution in [-0.4, -0.2) is 51.2 Å². The molecule has 6 heteroatoms. The first-order valence-corrected chi connectivity index (χ1v) is 10.4. The molecule has 0 unspecified atom stereocenters. The zero-order valence-electron chi connectivity index (χ0n) is 14.2. The fourth-order valence-electron chi connectivity index (χ4n) is 3.71. The number of nitrogens with one attached hydrogen (secondary N) is 1. The molecule has 2 heterocycles. The van der Waals surface area contributed by atoms with E-state index in [0.717, 1.165) is 44.6 Å². The number of fused-ring (bicyclic) bond motifs is 1. The summed E-state index contributed by atoms with van der Waals surface area (Å²) in [6.45, 7) is 5.53. The van der Waals surface area contributed by atoms with Crippen LogP contribution in [0.3, 0.4) is 0 Å². The average Bonchev–Trinajstić information content (AvgIpc) is 2.91. The number of amides is 1. The first-order chi connectivity index (χ1) is 11.5. The van der Waals surface area contributed by atoms with Gasteiger partial charge >= 0.3 is 0 Å². The van der Waals surface area contributed by atoms with Crippen molar-refractivity contribution in [3.05, 3.63) is 29.8 Å². The maximum Gasteiger partial charge on any atom is 0.223 e. The second kappa shape index (κ2) is 7.23. The molecule has 2 fully saturated rings. The van der Waals surface area contributed by atoms with E-state index in [1.165, 1.54) is 0 Å². The van der Waals surface area contributed by atoms with Crippen molar-refractivity contribution in [1.29, 1.82) is 0 Å². The molecule has 0 spiro atoms. The Hall–Kier alpha value is -1.40. The first-order valence-electron chi connectivity index (χ1n) is 8.73. The van der Waals surface area contributed by atoms with Gasteiger partial charge in [0.25, 0.3) is 0 Å². The molecule has 2 atom stereocenters. The van der Waals surface area contributed by atoms with Gasteiger partial charge in [-0.15, -0.1) is 0 Å². The van der Waals surface area contributed by atoms with Crippen LogP contribution in [-0.2, 0) is 14.6 Å². The van der Waals surface area contributed by atoms with E-state index in [4.69, 9.17) is 0 Å². The molecule has 5 nitrogen and oxygen atoms in total. The normalized spacial score (nSPS) is 24.5. The van der Waals surface area contributed by atoms with Crippen LogP contribution < -0.4 is 5.32 Å². The Bertz CT molecular complexity index is 671. The van der Waals surface area contributed by atoms with Crippen molar-refractivity contribution in [2.24, 2.45) is 11.8 Å². The minimum absolute atomic E-state index is 0.0291. The minimum Gasteiger partial charge on any atom is -0.343 e. The number of benzene rings is 1. The Labute approximate surface area is 144 Å². The van der Waals surface area contributed by atoms with Crippen molar-refractivity contribution < 1.29 is 13.2 Å². The molecule has 24 heavy (non-hydrogen) atoms. The van der Waals surface area contributed by atoms with Crippen molar-refractivity contribution in [3.8, 4) is 0 Å². The zero-order valence-corrected chi connectivity index (χ0v) is 15.0. The van der Waals surface area contributed by atoms with Gasteiger partial charge in [-0.2, -0.15) is 0 Å². The van der Waals surface area contributed by atoms with E-state index in [-0.39, 0.29) is 18.1 Å². The lowest BCUT2D eigenvalue weighted by molar-refractivity contribution is -0.130.